The lowest BCUT2D eigenvalue weighted by Crippen LogP contribution is -2.00. The predicted molar refractivity (Wildman–Crippen MR) is 127 cm³/mol. The largest absolute Gasteiger partial charge is 0.504 e. The van der Waals surface area contributed by atoms with Crippen molar-refractivity contribution in [3.8, 4) is 33.8 Å². The molecule has 0 unspecified atom stereocenters. The number of aromatic hydroxyl groups is 1. The first-order valence-electron chi connectivity index (χ1n) is 10.5. The Morgan fingerprint density at radius 1 is 0.879 bits per heavy atom. The minimum absolute atomic E-state index is 0.142. The van der Waals surface area contributed by atoms with Crippen LogP contribution in [0.2, 0.25) is 0 Å². The number of aromatic nitrogens is 3. The van der Waals surface area contributed by atoms with Gasteiger partial charge in [-0.25, -0.2) is 14.4 Å². The maximum absolute atomic E-state index is 15.3. The van der Waals surface area contributed by atoms with Gasteiger partial charge in [0.15, 0.2) is 5.75 Å². The van der Waals surface area contributed by atoms with Crippen LogP contribution in [0.15, 0.2) is 79.3 Å². The Labute approximate surface area is 190 Å². The van der Waals surface area contributed by atoms with Crippen molar-refractivity contribution in [1.82, 2.24) is 14.5 Å². The monoisotopic (exact) mass is 439 g/mol. The molecule has 33 heavy (non-hydrogen) atoms. The highest BCUT2D eigenvalue weighted by Gasteiger charge is 2.19. The van der Waals surface area contributed by atoms with E-state index in [9.17, 15) is 5.11 Å². The molecule has 0 radical (unpaired) electrons. The van der Waals surface area contributed by atoms with Crippen molar-refractivity contribution in [2.45, 2.75) is 13.1 Å². The van der Waals surface area contributed by atoms with Crippen LogP contribution in [-0.2, 0) is 13.1 Å². The van der Waals surface area contributed by atoms with E-state index in [1.165, 1.54) is 12.3 Å². The van der Waals surface area contributed by atoms with Crippen molar-refractivity contribution in [2.75, 3.05) is 0 Å². The Hall–Kier alpha value is -4.07. The topological polar surface area (TPSA) is 103 Å². The maximum Gasteiger partial charge on any atom is 0.168 e. The number of benzene rings is 3. The lowest BCUT2D eigenvalue weighted by molar-refractivity contribution is 0.479. The molecule has 0 bridgehead atoms. The van der Waals surface area contributed by atoms with E-state index in [0.717, 1.165) is 22.4 Å². The van der Waals surface area contributed by atoms with Gasteiger partial charge in [-0.15, -0.1) is 0 Å². The molecule has 5 N–H and O–H groups in total. The van der Waals surface area contributed by atoms with E-state index in [-0.39, 0.29) is 17.0 Å². The SMILES string of the molecule is NCc1cccc(-n2cnc3cnc(-c4ccc(-c5ccccc5CN)cc4F)c(O)c32)c1. The Bertz CT molecular complexity index is 1480. The number of nitrogens with zero attached hydrogens (tertiary/aromatic N) is 3. The van der Waals surface area contributed by atoms with Gasteiger partial charge < -0.3 is 16.6 Å². The average Bonchev–Trinajstić information content (AvgIpc) is 3.30. The van der Waals surface area contributed by atoms with Crippen LogP contribution in [-0.4, -0.2) is 19.6 Å². The van der Waals surface area contributed by atoms with Crippen molar-refractivity contribution in [3.63, 3.8) is 0 Å². The van der Waals surface area contributed by atoms with Gasteiger partial charge >= 0.3 is 0 Å². The van der Waals surface area contributed by atoms with Crippen LogP contribution in [0.4, 0.5) is 4.39 Å². The van der Waals surface area contributed by atoms with Gasteiger partial charge in [0.25, 0.3) is 0 Å². The fourth-order valence-electron chi connectivity index (χ4n) is 4.07. The van der Waals surface area contributed by atoms with E-state index >= 15 is 4.39 Å². The second kappa shape index (κ2) is 8.46. The number of hydrogen-bond donors (Lipinski definition) is 3. The minimum Gasteiger partial charge on any atom is -0.504 e. The first-order valence-corrected chi connectivity index (χ1v) is 10.5. The van der Waals surface area contributed by atoms with E-state index in [2.05, 4.69) is 9.97 Å². The van der Waals surface area contributed by atoms with Gasteiger partial charge in [0.2, 0.25) is 0 Å². The summed E-state index contributed by atoms with van der Waals surface area (Å²) in [5.74, 6) is -0.630. The third-order valence-corrected chi connectivity index (χ3v) is 5.76. The van der Waals surface area contributed by atoms with Crippen LogP contribution in [0.3, 0.4) is 0 Å². The zero-order chi connectivity index (χ0) is 22.9. The summed E-state index contributed by atoms with van der Waals surface area (Å²) in [6, 6.07) is 20.1. The highest BCUT2D eigenvalue weighted by atomic mass is 19.1. The molecule has 0 amide bonds. The zero-order valence-corrected chi connectivity index (χ0v) is 17.7. The molecule has 5 rings (SSSR count). The van der Waals surface area contributed by atoms with Crippen molar-refractivity contribution in [2.24, 2.45) is 11.5 Å². The van der Waals surface area contributed by atoms with Crippen LogP contribution >= 0.6 is 0 Å². The van der Waals surface area contributed by atoms with Crippen molar-refractivity contribution >= 4 is 11.0 Å². The number of imidazole rings is 1. The van der Waals surface area contributed by atoms with Gasteiger partial charge in [-0.05, 0) is 46.5 Å². The summed E-state index contributed by atoms with van der Waals surface area (Å²) < 4.78 is 17.0. The Kier molecular flexibility index (Phi) is 5.34. The van der Waals surface area contributed by atoms with E-state index in [4.69, 9.17) is 11.5 Å². The molecule has 0 aliphatic rings. The van der Waals surface area contributed by atoms with Crippen LogP contribution in [0.25, 0.3) is 39.1 Å². The highest BCUT2D eigenvalue weighted by molar-refractivity contribution is 5.89. The smallest absolute Gasteiger partial charge is 0.168 e. The Morgan fingerprint density at radius 2 is 1.73 bits per heavy atom. The first kappa shape index (κ1) is 20.8. The number of halogens is 1. The third-order valence-electron chi connectivity index (χ3n) is 5.76. The first-order chi connectivity index (χ1) is 16.1. The van der Waals surface area contributed by atoms with Crippen LogP contribution in [0.5, 0.6) is 5.75 Å². The Morgan fingerprint density at radius 3 is 2.52 bits per heavy atom. The molecule has 164 valence electrons. The van der Waals surface area contributed by atoms with Gasteiger partial charge in [-0.3, -0.25) is 4.57 Å². The van der Waals surface area contributed by atoms with Crippen molar-refractivity contribution in [1.29, 1.82) is 0 Å². The highest BCUT2D eigenvalue weighted by Crippen LogP contribution is 2.37. The third kappa shape index (κ3) is 3.63. The minimum atomic E-state index is -0.488. The number of hydrogen-bond acceptors (Lipinski definition) is 5. The summed E-state index contributed by atoms with van der Waals surface area (Å²) >= 11 is 0. The quantitative estimate of drug-likeness (QED) is 0.374. The zero-order valence-electron chi connectivity index (χ0n) is 17.7. The van der Waals surface area contributed by atoms with E-state index in [0.29, 0.717) is 29.7 Å². The van der Waals surface area contributed by atoms with Gasteiger partial charge in [0.1, 0.15) is 28.9 Å². The number of fused-ring (bicyclic) bond motifs is 1. The fourth-order valence-corrected chi connectivity index (χ4v) is 4.07. The molecule has 3 aromatic carbocycles. The molecule has 0 spiro atoms. The molecule has 2 heterocycles. The molecule has 0 saturated carbocycles. The molecule has 0 atom stereocenters. The summed E-state index contributed by atoms with van der Waals surface area (Å²) in [6.07, 6.45) is 3.14. The van der Waals surface area contributed by atoms with Crippen molar-refractivity contribution < 1.29 is 9.50 Å². The Balaban J connectivity index is 1.63. The number of rotatable bonds is 5. The van der Waals surface area contributed by atoms with Gasteiger partial charge in [0, 0.05) is 24.3 Å². The second-order valence-electron chi connectivity index (χ2n) is 7.73. The predicted octanol–water partition coefficient (Wildman–Crippen LogP) is 4.52. The maximum atomic E-state index is 15.3. The van der Waals surface area contributed by atoms with Gasteiger partial charge in [0.05, 0.1) is 6.20 Å². The van der Waals surface area contributed by atoms with E-state index in [1.54, 1.807) is 23.0 Å². The standard InChI is InChI=1S/C26H22FN5O/c27-22-11-17(20-7-2-1-5-18(20)13-29)8-9-21(22)24-26(33)25-23(14-30-24)31-15-32(25)19-6-3-4-16(10-19)12-28/h1-11,14-15,33H,12-13,28-29H2. The molecular weight excluding hydrogens is 417 g/mol. The number of nitrogens with two attached hydrogens (primary N) is 2. The van der Waals surface area contributed by atoms with Gasteiger partial charge in [-0.1, -0.05) is 42.5 Å². The molecule has 7 heteroatoms. The molecule has 5 aromatic rings. The molecule has 0 aliphatic heterocycles. The molecule has 0 aliphatic carbocycles. The summed E-state index contributed by atoms with van der Waals surface area (Å²) in [6.45, 7) is 0.748. The molecule has 0 fully saturated rings. The van der Waals surface area contributed by atoms with Crippen LogP contribution in [0, 0.1) is 5.82 Å². The molecule has 0 saturated heterocycles. The van der Waals surface area contributed by atoms with Crippen LogP contribution < -0.4 is 11.5 Å². The van der Waals surface area contributed by atoms with Crippen molar-refractivity contribution in [3.05, 3.63) is 96.2 Å². The second-order valence-corrected chi connectivity index (χ2v) is 7.73. The van der Waals surface area contributed by atoms with E-state index < -0.39 is 5.82 Å². The average molecular weight is 439 g/mol. The molecule has 2 aromatic heterocycles. The normalized spacial score (nSPS) is 11.2. The lowest BCUT2D eigenvalue weighted by Gasteiger charge is -2.12. The number of pyridine rings is 1. The summed E-state index contributed by atoms with van der Waals surface area (Å²) in [7, 11) is 0. The lowest BCUT2D eigenvalue weighted by atomic mass is 9.97. The molecular formula is C26H22FN5O. The van der Waals surface area contributed by atoms with Gasteiger partial charge in [-0.2, -0.15) is 0 Å². The van der Waals surface area contributed by atoms with Crippen LogP contribution in [0.1, 0.15) is 11.1 Å². The summed E-state index contributed by atoms with van der Waals surface area (Å²) in [4.78, 5) is 8.65. The summed E-state index contributed by atoms with van der Waals surface area (Å²) in [5, 5.41) is 11.1. The van der Waals surface area contributed by atoms with E-state index in [1.807, 2.05) is 48.5 Å². The fraction of sp³-hybridized carbons (Fsp3) is 0.0769. The summed E-state index contributed by atoms with van der Waals surface area (Å²) in [5.41, 5.74) is 17.2. The molecule has 6 nitrogen and oxygen atoms in total.